The molecule has 2 rings (SSSR count). The number of anilines is 1. The van der Waals surface area contributed by atoms with Crippen molar-refractivity contribution >= 4 is 22.4 Å². The van der Waals surface area contributed by atoms with Gasteiger partial charge in [0.15, 0.2) is 0 Å². The molecule has 5 heteroatoms. The molecule has 2 aromatic rings. The van der Waals surface area contributed by atoms with Crippen molar-refractivity contribution in [2.24, 2.45) is 0 Å². The molecule has 0 spiro atoms. The van der Waals surface area contributed by atoms with E-state index < -0.39 is 0 Å². The van der Waals surface area contributed by atoms with E-state index in [1.165, 1.54) is 11.5 Å². The second-order valence-electron chi connectivity index (χ2n) is 3.91. The molecule has 2 heterocycles. The molecule has 2 aromatic heterocycles. The van der Waals surface area contributed by atoms with Gasteiger partial charge in [0.1, 0.15) is 5.00 Å². The van der Waals surface area contributed by atoms with E-state index >= 15 is 0 Å². The van der Waals surface area contributed by atoms with Gasteiger partial charge in [-0.2, -0.15) is 4.37 Å². The lowest BCUT2D eigenvalue weighted by Crippen LogP contribution is -2.11. The molecule has 0 bridgehead atoms. The first kappa shape index (κ1) is 11.9. The Morgan fingerprint density at radius 3 is 2.88 bits per heavy atom. The topological polar surface area (TPSA) is 46.9 Å². The highest BCUT2D eigenvalue weighted by atomic mass is 32.1. The molecule has 0 saturated carbocycles. The number of nitrogens with one attached hydrogen (secondary N) is 1. The fraction of sp³-hybridized carbons (Fsp3) is 0.333. The molecule has 0 radical (unpaired) electrons. The van der Waals surface area contributed by atoms with Crippen LogP contribution in [0.3, 0.4) is 0 Å². The zero-order valence-electron chi connectivity index (χ0n) is 9.72. The highest BCUT2D eigenvalue weighted by molar-refractivity contribution is 7.10. The van der Waals surface area contributed by atoms with E-state index in [0.717, 1.165) is 23.7 Å². The van der Waals surface area contributed by atoms with Crippen LogP contribution in [0.4, 0.5) is 5.00 Å². The van der Waals surface area contributed by atoms with Crippen LogP contribution in [0.1, 0.15) is 18.5 Å². The average Bonchev–Trinajstić information content (AvgIpc) is 2.90. The summed E-state index contributed by atoms with van der Waals surface area (Å²) in [5, 5.41) is 3.68. The molecule has 0 fully saturated rings. The largest absolute Gasteiger partial charge is 0.354 e. The molecular weight excluding hydrogens is 234 g/mol. The quantitative estimate of drug-likeness (QED) is 0.885. The van der Waals surface area contributed by atoms with Crippen LogP contribution in [0, 0.1) is 6.92 Å². The van der Waals surface area contributed by atoms with Crippen LogP contribution in [-0.4, -0.2) is 14.8 Å². The third-order valence-electron chi connectivity index (χ3n) is 2.38. The molecule has 1 N–H and O–H groups in total. The predicted octanol–water partition coefficient (Wildman–Crippen LogP) is 2.67. The number of amides is 1. The maximum Gasteiger partial charge on any atom is 0.225 e. The van der Waals surface area contributed by atoms with E-state index in [9.17, 15) is 4.79 Å². The van der Waals surface area contributed by atoms with Crippen molar-refractivity contribution in [2.75, 3.05) is 5.32 Å². The maximum absolute atomic E-state index is 11.6. The molecule has 0 aliphatic rings. The molecule has 0 aromatic carbocycles. The number of nitrogens with zero attached hydrogens (tertiary/aromatic N) is 2. The summed E-state index contributed by atoms with van der Waals surface area (Å²) in [7, 11) is 0. The Morgan fingerprint density at radius 1 is 1.47 bits per heavy atom. The van der Waals surface area contributed by atoms with Crippen LogP contribution >= 0.6 is 11.5 Å². The first-order valence-electron chi connectivity index (χ1n) is 5.58. The Morgan fingerprint density at radius 2 is 2.24 bits per heavy atom. The van der Waals surface area contributed by atoms with E-state index in [1.807, 2.05) is 37.5 Å². The zero-order valence-corrected chi connectivity index (χ0v) is 10.5. The summed E-state index contributed by atoms with van der Waals surface area (Å²) in [4.78, 5) is 11.6. The van der Waals surface area contributed by atoms with Crippen molar-refractivity contribution in [1.29, 1.82) is 0 Å². The minimum absolute atomic E-state index is 0.0563. The summed E-state index contributed by atoms with van der Waals surface area (Å²) in [6, 6.07) is 5.86. The van der Waals surface area contributed by atoms with Gasteiger partial charge in [0.05, 0.1) is 5.69 Å². The number of carbonyl (C=O) groups excluding carboxylic acids is 1. The fourth-order valence-electron chi connectivity index (χ4n) is 1.56. The lowest BCUT2D eigenvalue weighted by molar-refractivity contribution is -0.116. The average molecular weight is 249 g/mol. The van der Waals surface area contributed by atoms with Crippen LogP contribution in [-0.2, 0) is 11.3 Å². The number of carbonyl (C=O) groups is 1. The Hall–Kier alpha value is -1.62. The van der Waals surface area contributed by atoms with Crippen LogP contribution in [0.5, 0.6) is 0 Å². The summed E-state index contributed by atoms with van der Waals surface area (Å²) in [5.41, 5.74) is 0.942. The van der Waals surface area contributed by atoms with E-state index in [1.54, 1.807) is 0 Å². The normalized spacial score (nSPS) is 10.4. The van der Waals surface area contributed by atoms with Crippen molar-refractivity contribution in [3.05, 3.63) is 36.3 Å². The number of aromatic nitrogens is 2. The van der Waals surface area contributed by atoms with Crippen molar-refractivity contribution in [3.8, 4) is 0 Å². The fourth-order valence-corrected chi connectivity index (χ4v) is 2.24. The summed E-state index contributed by atoms with van der Waals surface area (Å²) in [5.74, 6) is 0.0563. The number of rotatable bonds is 5. The Bertz CT molecular complexity index is 476. The maximum atomic E-state index is 11.6. The van der Waals surface area contributed by atoms with Gasteiger partial charge in [-0.15, -0.1) is 0 Å². The molecule has 17 heavy (non-hydrogen) atoms. The number of aryl methyl sites for hydroxylation is 2. The third-order valence-corrected chi connectivity index (χ3v) is 3.17. The first-order valence-corrected chi connectivity index (χ1v) is 6.35. The number of hydrogen-bond donors (Lipinski definition) is 1. The molecule has 0 unspecified atom stereocenters. The summed E-state index contributed by atoms with van der Waals surface area (Å²) in [6.45, 7) is 2.79. The van der Waals surface area contributed by atoms with Gasteiger partial charge in [-0.05, 0) is 43.1 Å². The van der Waals surface area contributed by atoms with Crippen molar-refractivity contribution in [2.45, 2.75) is 26.3 Å². The summed E-state index contributed by atoms with van der Waals surface area (Å²) >= 11 is 1.32. The van der Waals surface area contributed by atoms with Crippen LogP contribution < -0.4 is 5.32 Å². The van der Waals surface area contributed by atoms with Crippen LogP contribution in [0.2, 0.25) is 0 Å². The Balaban J connectivity index is 1.71. The first-order chi connectivity index (χ1) is 8.24. The van der Waals surface area contributed by atoms with Gasteiger partial charge in [-0.1, -0.05) is 0 Å². The molecule has 0 aliphatic heterocycles. The molecule has 0 atom stereocenters. The summed E-state index contributed by atoms with van der Waals surface area (Å²) in [6.07, 6.45) is 5.39. The standard InChI is InChI=1S/C12H15N3OS/c1-10-9-12(17-14-10)13-11(16)5-4-8-15-6-2-3-7-15/h2-3,6-7,9H,4-5,8H2,1H3,(H,13,16). The van der Waals surface area contributed by atoms with E-state index in [4.69, 9.17) is 0 Å². The van der Waals surface area contributed by atoms with E-state index in [-0.39, 0.29) is 5.91 Å². The van der Waals surface area contributed by atoms with Gasteiger partial charge in [0, 0.05) is 25.4 Å². The minimum atomic E-state index is 0.0563. The predicted molar refractivity (Wildman–Crippen MR) is 69.1 cm³/mol. The highest BCUT2D eigenvalue weighted by Gasteiger charge is 2.04. The molecule has 90 valence electrons. The van der Waals surface area contributed by atoms with Gasteiger partial charge in [-0.3, -0.25) is 4.79 Å². The van der Waals surface area contributed by atoms with Gasteiger partial charge in [-0.25, -0.2) is 0 Å². The van der Waals surface area contributed by atoms with E-state index in [2.05, 4.69) is 14.3 Å². The number of hydrogen-bond acceptors (Lipinski definition) is 3. The van der Waals surface area contributed by atoms with Gasteiger partial charge in [0.2, 0.25) is 5.91 Å². The van der Waals surface area contributed by atoms with Crippen molar-refractivity contribution in [1.82, 2.24) is 8.94 Å². The highest BCUT2D eigenvalue weighted by Crippen LogP contribution is 2.15. The molecular formula is C12H15N3OS. The SMILES string of the molecule is Cc1cc(NC(=O)CCCn2cccc2)sn1. The lowest BCUT2D eigenvalue weighted by atomic mass is 10.3. The molecule has 0 aliphatic carbocycles. The molecule has 0 saturated heterocycles. The van der Waals surface area contributed by atoms with Gasteiger partial charge in [0.25, 0.3) is 0 Å². The van der Waals surface area contributed by atoms with E-state index in [0.29, 0.717) is 6.42 Å². The van der Waals surface area contributed by atoms with Crippen molar-refractivity contribution < 1.29 is 4.79 Å². The monoisotopic (exact) mass is 249 g/mol. The lowest BCUT2D eigenvalue weighted by Gasteiger charge is -2.03. The van der Waals surface area contributed by atoms with Gasteiger partial charge >= 0.3 is 0 Å². The minimum Gasteiger partial charge on any atom is -0.354 e. The van der Waals surface area contributed by atoms with Crippen LogP contribution in [0.15, 0.2) is 30.6 Å². The smallest absolute Gasteiger partial charge is 0.225 e. The second kappa shape index (κ2) is 5.63. The van der Waals surface area contributed by atoms with Crippen molar-refractivity contribution in [3.63, 3.8) is 0 Å². The molecule has 1 amide bonds. The molecule has 4 nitrogen and oxygen atoms in total. The zero-order chi connectivity index (χ0) is 12.1. The Labute approximate surface area is 104 Å². The van der Waals surface area contributed by atoms with Crippen LogP contribution in [0.25, 0.3) is 0 Å². The summed E-state index contributed by atoms with van der Waals surface area (Å²) < 4.78 is 6.19. The second-order valence-corrected chi connectivity index (χ2v) is 4.71. The third kappa shape index (κ3) is 3.71. The Kier molecular flexibility index (Phi) is 3.93. The van der Waals surface area contributed by atoms with Gasteiger partial charge < -0.3 is 9.88 Å².